The molecule has 1 heterocycles. The van der Waals surface area contributed by atoms with E-state index in [0.29, 0.717) is 11.4 Å². The van der Waals surface area contributed by atoms with Crippen LogP contribution < -0.4 is 5.01 Å². The van der Waals surface area contributed by atoms with Crippen LogP contribution >= 0.6 is 11.6 Å². The minimum atomic E-state index is -0.219. The quantitative estimate of drug-likeness (QED) is 0.845. The van der Waals surface area contributed by atoms with Gasteiger partial charge in [0.1, 0.15) is 0 Å². The van der Waals surface area contributed by atoms with Crippen LogP contribution in [0.5, 0.6) is 0 Å². The minimum Gasteiger partial charge on any atom is -0.272 e. The summed E-state index contributed by atoms with van der Waals surface area (Å²) in [6.45, 7) is 1.90. The highest BCUT2D eigenvalue weighted by atomic mass is 35.5. The van der Waals surface area contributed by atoms with Crippen LogP contribution in [0.15, 0.2) is 59.7 Å². The van der Waals surface area contributed by atoms with E-state index in [4.69, 9.17) is 11.6 Å². The lowest BCUT2D eigenvalue weighted by atomic mass is 9.95. The SMILES string of the molecule is CC1=NN(c2ccccc2)C(=O)C1Cc1cccc(Cl)c1. The second-order valence-electron chi connectivity index (χ2n) is 5.11. The van der Waals surface area contributed by atoms with Gasteiger partial charge >= 0.3 is 0 Å². The van der Waals surface area contributed by atoms with Gasteiger partial charge in [-0.15, -0.1) is 0 Å². The van der Waals surface area contributed by atoms with Crippen molar-refractivity contribution in [1.82, 2.24) is 0 Å². The summed E-state index contributed by atoms with van der Waals surface area (Å²) in [7, 11) is 0. The van der Waals surface area contributed by atoms with Crippen molar-refractivity contribution < 1.29 is 4.79 Å². The molecule has 1 aliphatic rings. The van der Waals surface area contributed by atoms with Crippen LogP contribution in [0.25, 0.3) is 0 Å². The van der Waals surface area contributed by atoms with Gasteiger partial charge in [-0.2, -0.15) is 5.10 Å². The Kier molecular flexibility index (Phi) is 3.76. The van der Waals surface area contributed by atoms with Crippen LogP contribution in [-0.4, -0.2) is 11.6 Å². The third-order valence-corrected chi connectivity index (χ3v) is 3.83. The Balaban J connectivity index is 1.83. The van der Waals surface area contributed by atoms with E-state index in [0.717, 1.165) is 17.0 Å². The largest absolute Gasteiger partial charge is 0.272 e. The summed E-state index contributed by atoms with van der Waals surface area (Å²) in [6, 6.07) is 17.1. The highest BCUT2D eigenvalue weighted by Gasteiger charge is 2.34. The average molecular weight is 299 g/mol. The van der Waals surface area contributed by atoms with Crippen molar-refractivity contribution >= 4 is 28.9 Å². The van der Waals surface area contributed by atoms with E-state index in [-0.39, 0.29) is 11.8 Å². The van der Waals surface area contributed by atoms with Crippen LogP contribution in [0, 0.1) is 5.92 Å². The van der Waals surface area contributed by atoms with Crippen molar-refractivity contribution in [2.45, 2.75) is 13.3 Å². The molecule has 0 saturated heterocycles. The van der Waals surface area contributed by atoms with Gasteiger partial charge in [0.05, 0.1) is 11.6 Å². The molecule has 3 nitrogen and oxygen atoms in total. The van der Waals surface area contributed by atoms with Gasteiger partial charge in [0.25, 0.3) is 5.91 Å². The maximum atomic E-state index is 12.6. The van der Waals surface area contributed by atoms with Crippen LogP contribution in [0.4, 0.5) is 5.69 Å². The van der Waals surface area contributed by atoms with Gasteiger partial charge in [-0.3, -0.25) is 4.79 Å². The van der Waals surface area contributed by atoms with E-state index in [1.165, 1.54) is 5.01 Å². The summed E-state index contributed by atoms with van der Waals surface area (Å²) in [5.41, 5.74) is 2.68. The molecule has 106 valence electrons. The maximum Gasteiger partial charge on any atom is 0.256 e. The lowest BCUT2D eigenvalue weighted by Crippen LogP contribution is -2.28. The Hall–Kier alpha value is -2.13. The molecular weight excluding hydrogens is 284 g/mol. The van der Waals surface area contributed by atoms with Gasteiger partial charge in [0.15, 0.2) is 0 Å². The van der Waals surface area contributed by atoms with Crippen molar-refractivity contribution in [3.63, 3.8) is 0 Å². The first kappa shape index (κ1) is 13.8. The predicted octanol–water partition coefficient (Wildman–Crippen LogP) is 3.92. The molecule has 0 radical (unpaired) electrons. The van der Waals surface area contributed by atoms with Gasteiger partial charge in [-0.25, -0.2) is 5.01 Å². The van der Waals surface area contributed by atoms with Gasteiger partial charge in [-0.05, 0) is 43.2 Å². The van der Waals surface area contributed by atoms with Crippen LogP contribution in [-0.2, 0) is 11.2 Å². The normalized spacial score (nSPS) is 18.0. The molecule has 0 aromatic heterocycles. The molecule has 0 aliphatic carbocycles. The Labute approximate surface area is 128 Å². The second kappa shape index (κ2) is 5.70. The van der Waals surface area contributed by atoms with Crippen LogP contribution in [0.2, 0.25) is 5.02 Å². The number of hydrogen-bond acceptors (Lipinski definition) is 2. The molecule has 0 N–H and O–H groups in total. The molecule has 0 bridgehead atoms. The van der Waals surface area contributed by atoms with Gasteiger partial charge in [-0.1, -0.05) is 41.9 Å². The number of anilines is 1. The van der Waals surface area contributed by atoms with E-state index < -0.39 is 0 Å². The lowest BCUT2D eigenvalue weighted by Gasteiger charge is -2.14. The number of rotatable bonds is 3. The zero-order valence-corrected chi connectivity index (χ0v) is 12.4. The van der Waals surface area contributed by atoms with E-state index >= 15 is 0 Å². The molecule has 1 atom stereocenters. The first-order valence-corrected chi connectivity index (χ1v) is 7.21. The molecule has 1 aliphatic heterocycles. The molecule has 3 rings (SSSR count). The first-order valence-electron chi connectivity index (χ1n) is 6.84. The molecule has 1 unspecified atom stereocenters. The monoisotopic (exact) mass is 298 g/mol. The highest BCUT2D eigenvalue weighted by molar-refractivity contribution is 6.30. The summed E-state index contributed by atoms with van der Waals surface area (Å²) in [5.74, 6) is -0.206. The number of hydrazone groups is 1. The molecular formula is C17H15ClN2O. The number of carbonyl (C=O) groups is 1. The van der Waals surface area contributed by atoms with Crippen molar-refractivity contribution in [2.75, 3.05) is 5.01 Å². The van der Waals surface area contributed by atoms with Crippen molar-refractivity contribution in [1.29, 1.82) is 0 Å². The highest BCUT2D eigenvalue weighted by Crippen LogP contribution is 2.26. The fourth-order valence-electron chi connectivity index (χ4n) is 2.49. The van der Waals surface area contributed by atoms with E-state index in [9.17, 15) is 4.79 Å². The third-order valence-electron chi connectivity index (χ3n) is 3.60. The van der Waals surface area contributed by atoms with Crippen molar-refractivity contribution in [3.05, 3.63) is 65.2 Å². The molecule has 2 aromatic rings. The van der Waals surface area contributed by atoms with Crippen LogP contribution in [0.1, 0.15) is 12.5 Å². The lowest BCUT2D eigenvalue weighted by molar-refractivity contribution is -0.119. The number of amides is 1. The number of hydrogen-bond donors (Lipinski definition) is 0. The van der Waals surface area contributed by atoms with Crippen LogP contribution in [0.3, 0.4) is 0 Å². The first-order chi connectivity index (χ1) is 10.1. The summed E-state index contributed by atoms with van der Waals surface area (Å²) < 4.78 is 0. The predicted molar refractivity (Wildman–Crippen MR) is 85.7 cm³/mol. The number of halogens is 1. The molecule has 2 aromatic carbocycles. The van der Waals surface area contributed by atoms with Gasteiger partial charge in [0, 0.05) is 10.7 Å². The molecule has 21 heavy (non-hydrogen) atoms. The fourth-order valence-corrected chi connectivity index (χ4v) is 2.70. The third kappa shape index (κ3) is 2.83. The van der Waals surface area contributed by atoms with Crippen molar-refractivity contribution in [3.8, 4) is 0 Å². The van der Waals surface area contributed by atoms with E-state index in [2.05, 4.69) is 5.10 Å². The summed E-state index contributed by atoms with van der Waals surface area (Å²) in [4.78, 5) is 12.6. The Bertz CT molecular complexity index is 697. The van der Waals surface area contributed by atoms with Gasteiger partial charge < -0.3 is 0 Å². The molecule has 0 fully saturated rings. The minimum absolute atomic E-state index is 0.0127. The Morgan fingerprint density at radius 1 is 1.14 bits per heavy atom. The summed E-state index contributed by atoms with van der Waals surface area (Å²) in [5, 5.41) is 6.59. The smallest absolute Gasteiger partial charge is 0.256 e. The van der Waals surface area contributed by atoms with Crippen molar-refractivity contribution in [2.24, 2.45) is 11.0 Å². The number of para-hydroxylation sites is 1. The topological polar surface area (TPSA) is 32.7 Å². The average Bonchev–Trinajstić information content (AvgIpc) is 2.76. The number of benzene rings is 2. The van der Waals surface area contributed by atoms with E-state index in [1.54, 1.807) is 0 Å². The number of carbonyl (C=O) groups excluding carboxylic acids is 1. The molecule has 0 saturated carbocycles. The van der Waals surface area contributed by atoms with Gasteiger partial charge in [0.2, 0.25) is 0 Å². The summed E-state index contributed by atoms with van der Waals surface area (Å²) in [6.07, 6.45) is 0.623. The maximum absolute atomic E-state index is 12.6. The number of nitrogens with zero attached hydrogens (tertiary/aromatic N) is 2. The van der Waals surface area contributed by atoms with E-state index in [1.807, 2.05) is 61.5 Å². The zero-order chi connectivity index (χ0) is 14.8. The second-order valence-corrected chi connectivity index (χ2v) is 5.55. The summed E-state index contributed by atoms with van der Waals surface area (Å²) >= 11 is 6.00. The molecule has 1 amide bonds. The molecule has 0 spiro atoms. The molecule has 4 heteroatoms. The Morgan fingerprint density at radius 3 is 2.62 bits per heavy atom. The standard InChI is InChI=1S/C17H15ClN2O/c1-12-16(11-13-6-5-7-14(18)10-13)17(21)20(19-12)15-8-3-2-4-9-15/h2-10,16H,11H2,1H3. The zero-order valence-electron chi connectivity index (χ0n) is 11.7. The fraction of sp³-hybridized carbons (Fsp3) is 0.176. The Morgan fingerprint density at radius 2 is 1.90 bits per heavy atom.